The lowest BCUT2D eigenvalue weighted by Crippen LogP contribution is -2.48. The Morgan fingerprint density at radius 1 is 1.00 bits per heavy atom. The van der Waals surface area contributed by atoms with Crippen LogP contribution in [0.5, 0.6) is 0 Å². The van der Waals surface area contributed by atoms with Gasteiger partial charge in [0.25, 0.3) is 0 Å². The fraction of sp³-hybridized carbons (Fsp3) is 1.00. The average molecular weight is 268 g/mol. The zero-order chi connectivity index (χ0) is 13.5. The molecular weight excluding hydrogens is 236 g/mol. The normalized spacial score (nSPS) is 27.8. The van der Waals surface area contributed by atoms with Gasteiger partial charge >= 0.3 is 0 Å². The van der Waals surface area contributed by atoms with Crippen LogP contribution >= 0.6 is 0 Å². The van der Waals surface area contributed by atoms with Gasteiger partial charge in [-0.15, -0.1) is 0 Å². The molecule has 0 spiro atoms. The molecule has 4 nitrogen and oxygen atoms in total. The minimum absolute atomic E-state index is 0.876. The third kappa shape index (κ3) is 5.38. The van der Waals surface area contributed by atoms with Gasteiger partial charge in [0.2, 0.25) is 0 Å². The summed E-state index contributed by atoms with van der Waals surface area (Å²) in [5, 5.41) is 3.51. The van der Waals surface area contributed by atoms with E-state index in [1.807, 2.05) is 0 Å². The van der Waals surface area contributed by atoms with Crippen molar-refractivity contribution in [3.63, 3.8) is 0 Å². The van der Waals surface area contributed by atoms with Crippen molar-refractivity contribution >= 4 is 0 Å². The van der Waals surface area contributed by atoms with Crippen LogP contribution in [-0.2, 0) is 0 Å². The van der Waals surface area contributed by atoms with Crippen LogP contribution in [0.4, 0.5) is 0 Å². The number of nitrogens with zero attached hydrogens (tertiary/aromatic N) is 3. The van der Waals surface area contributed by atoms with E-state index in [0.29, 0.717) is 0 Å². The molecule has 0 aromatic carbocycles. The Morgan fingerprint density at radius 2 is 1.74 bits per heavy atom. The molecule has 2 heterocycles. The second kappa shape index (κ2) is 8.20. The Hall–Kier alpha value is -0.160. The van der Waals surface area contributed by atoms with E-state index in [2.05, 4.69) is 34.0 Å². The fourth-order valence-corrected chi connectivity index (χ4v) is 3.22. The molecule has 4 heteroatoms. The van der Waals surface area contributed by atoms with Gasteiger partial charge in [-0.1, -0.05) is 6.92 Å². The molecule has 0 amide bonds. The van der Waals surface area contributed by atoms with Crippen molar-refractivity contribution in [2.75, 3.05) is 72.5 Å². The molecule has 2 aliphatic rings. The van der Waals surface area contributed by atoms with Crippen molar-refractivity contribution in [1.29, 1.82) is 0 Å². The minimum Gasteiger partial charge on any atom is -0.317 e. The van der Waals surface area contributed by atoms with Gasteiger partial charge in [0.05, 0.1) is 0 Å². The van der Waals surface area contributed by atoms with Gasteiger partial charge in [0.15, 0.2) is 0 Å². The van der Waals surface area contributed by atoms with Crippen molar-refractivity contribution in [3.8, 4) is 0 Å². The highest BCUT2D eigenvalue weighted by Gasteiger charge is 2.20. The number of piperazine rings is 1. The first-order chi connectivity index (χ1) is 9.28. The van der Waals surface area contributed by atoms with E-state index in [1.54, 1.807) is 0 Å². The summed E-state index contributed by atoms with van der Waals surface area (Å²) in [5.41, 5.74) is 0. The zero-order valence-electron chi connectivity index (χ0n) is 12.9. The second-order valence-corrected chi connectivity index (χ2v) is 6.26. The molecule has 19 heavy (non-hydrogen) atoms. The van der Waals surface area contributed by atoms with Crippen LogP contribution in [0.1, 0.15) is 19.8 Å². The Bertz CT molecular complexity index is 238. The topological polar surface area (TPSA) is 21.8 Å². The molecule has 2 aliphatic heterocycles. The van der Waals surface area contributed by atoms with E-state index in [4.69, 9.17) is 0 Å². The summed E-state index contributed by atoms with van der Waals surface area (Å²) in [7, 11) is 2.23. The smallest absolute Gasteiger partial charge is 0.0110 e. The maximum Gasteiger partial charge on any atom is 0.0110 e. The number of likely N-dealkylation sites (tertiary alicyclic amines) is 1. The summed E-state index contributed by atoms with van der Waals surface area (Å²) in [6.45, 7) is 14.7. The van der Waals surface area contributed by atoms with Gasteiger partial charge in [0, 0.05) is 45.8 Å². The highest BCUT2D eigenvalue weighted by molar-refractivity contribution is 4.76. The van der Waals surface area contributed by atoms with Crippen molar-refractivity contribution in [2.45, 2.75) is 19.8 Å². The monoisotopic (exact) mass is 268 g/mol. The van der Waals surface area contributed by atoms with Crippen molar-refractivity contribution in [2.24, 2.45) is 5.92 Å². The Kier molecular flexibility index (Phi) is 6.57. The van der Waals surface area contributed by atoms with Gasteiger partial charge < -0.3 is 15.1 Å². The lowest BCUT2D eigenvalue weighted by Gasteiger charge is -2.36. The van der Waals surface area contributed by atoms with Crippen molar-refractivity contribution in [3.05, 3.63) is 0 Å². The second-order valence-electron chi connectivity index (χ2n) is 6.26. The molecule has 112 valence electrons. The SMILES string of the molecule is CCNCC1CCCN(CCN2CCN(C)CC2)C1. The van der Waals surface area contributed by atoms with E-state index in [-0.39, 0.29) is 0 Å². The van der Waals surface area contributed by atoms with E-state index in [9.17, 15) is 0 Å². The molecule has 2 rings (SSSR count). The van der Waals surface area contributed by atoms with Crippen LogP contribution < -0.4 is 5.32 Å². The number of likely N-dealkylation sites (N-methyl/N-ethyl adjacent to an activating group) is 1. The van der Waals surface area contributed by atoms with Crippen LogP contribution in [0.25, 0.3) is 0 Å². The first kappa shape index (κ1) is 15.2. The molecule has 2 saturated heterocycles. The Balaban J connectivity index is 1.62. The molecule has 0 bridgehead atoms. The third-order valence-corrected chi connectivity index (χ3v) is 4.61. The van der Waals surface area contributed by atoms with E-state index in [1.165, 1.54) is 71.7 Å². The minimum atomic E-state index is 0.876. The highest BCUT2D eigenvalue weighted by atomic mass is 15.3. The van der Waals surface area contributed by atoms with Crippen LogP contribution in [0.3, 0.4) is 0 Å². The van der Waals surface area contributed by atoms with Crippen LogP contribution in [-0.4, -0.2) is 87.2 Å². The summed E-state index contributed by atoms with van der Waals surface area (Å²) in [5.74, 6) is 0.876. The first-order valence-corrected chi connectivity index (χ1v) is 8.12. The Morgan fingerprint density at radius 3 is 2.47 bits per heavy atom. The molecule has 0 aromatic heterocycles. The van der Waals surface area contributed by atoms with Crippen LogP contribution in [0.15, 0.2) is 0 Å². The highest BCUT2D eigenvalue weighted by Crippen LogP contribution is 2.15. The van der Waals surface area contributed by atoms with E-state index >= 15 is 0 Å². The molecular formula is C15H32N4. The lowest BCUT2D eigenvalue weighted by atomic mass is 9.98. The van der Waals surface area contributed by atoms with E-state index in [0.717, 1.165) is 12.5 Å². The number of hydrogen-bond donors (Lipinski definition) is 1. The maximum atomic E-state index is 3.51. The van der Waals surface area contributed by atoms with Gasteiger partial charge in [-0.2, -0.15) is 0 Å². The Labute approximate surface area is 119 Å². The molecule has 2 fully saturated rings. The standard InChI is InChI=1S/C15H32N4/c1-3-16-13-15-5-4-6-19(14-15)12-11-18-9-7-17(2)8-10-18/h15-16H,3-14H2,1-2H3. The zero-order valence-corrected chi connectivity index (χ0v) is 12.9. The number of nitrogens with one attached hydrogen (secondary N) is 1. The van der Waals surface area contributed by atoms with Gasteiger partial charge in [0.1, 0.15) is 0 Å². The quantitative estimate of drug-likeness (QED) is 0.760. The molecule has 1 N–H and O–H groups in total. The van der Waals surface area contributed by atoms with Gasteiger partial charge in [-0.3, -0.25) is 4.90 Å². The first-order valence-electron chi connectivity index (χ1n) is 8.12. The summed E-state index contributed by atoms with van der Waals surface area (Å²) >= 11 is 0. The predicted octanol–water partition coefficient (Wildman–Crippen LogP) is 0.555. The number of piperidine rings is 1. The molecule has 1 unspecified atom stereocenters. The summed E-state index contributed by atoms with van der Waals surface area (Å²) < 4.78 is 0. The van der Waals surface area contributed by atoms with Gasteiger partial charge in [-0.05, 0) is 45.4 Å². The largest absolute Gasteiger partial charge is 0.317 e. The molecule has 1 atom stereocenters. The fourth-order valence-electron chi connectivity index (χ4n) is 3.22. The molecule has 0 aliphatic carbocycles. The lowest BCUT2D eigenvalue weighted by molar-refractivity contribution is 0.115. The predicted molar refractivity (Wildman–Crippen MR) is 81.6 cm³/mol. The summed E-state index contributed by atoms with van der Waals surface area (Å²) in [6, 6.07) is 0. The summed E-state index contributed by atoms with van der Waals surface area (Å²) in [6.07, 6.45) is 2.80. The average Bonchev–Trinajstić information content (AvgIpc) is 2.45. The molecule has 0 radical (unpaired) electrons. The number of rotatable bonds is 6. The number of hydrogen-bond acceptors (Lipinski definition) is 4. The summed E-state index contributed by atoms with van der Waals surface area (Å²) in [4.78, 5) is 7.75. The van der Waals surface area contributed by atoms with Crippen molar-refractivity contribution in [1.82, 2.24) is 20.0 Å². The van der Waals surface area contributed by atoms with Crippen LogP contribution in [0, 0.1) is 5.92 Å². The van der Waals surface area contributed by atoms with Crippen molar-refractivity contribution < 1.29 is 0 Å². The van der Waals surface area contributed by atoms with Crippen LogP contribution in [0.2, 0.25) is 0 Å². The third-order valence-electron chi connectivity index (χ3n) is 4.61. The maximum absolute atomic E-state index is 3.51. The van der Waals surface area contributed by atoms with E-state index < -0.39 is 0 Å². The van der Waals surface area contributed by atoms with Gasteiger partial charge in [-0.25, -0.2) is 0 Å². The molecule has 0 aromatic rings. The molecule has 0 saturated carbocycles.